The van der Waals surface area contributed by atoms with Gasteiger partial charge in [0.1, 0.15) is 24.5 Å². The van der Waals surface area contributed by atoms with E-state index in [1.54, 1.807) is 0 Å². The van der Waals surface area contributed by atoms with Crippen LogP contribution < -0.4 is 10.2 Å². The van der Waals surface area contributed by atoms with Crippen molar-refractivity contribution in [3.05, 3.63) is 53.5 Å². The van der Waals surface area contributed by atoms with Gasteiger partial charge in [-0.2, -0.15) is 0 Å². The SMILES string of the molecule is O=C1CCc2c(ncnc2N2CC[C@@H](NC(=O)OCc3ccccc3)C2)C1. The number of hydrogen-bond acceptors (Lipinski definition) is 6. The molecule has 27 heavy (non-hydrogen) atoms. The Bertz CT molecular complexity index is 840. The first-order valence-corrected chi connectivity index (χ1v) is 9.25. The van der Waals surface area contributed by atoms with Gasteiger partial charge >= 0.3 is 6.09 Å². The second kappa shape index (κ2) is 7.73. The van der Waals surface area contributed by atoms with Crippen molar-refractivity contribution in [1.82, 2.24) is 15.3 Å². The number of nitrogens with one attached hydrogen (secondary N) is 1. The number of anilines is 1. The van der Waals surface area contributed by atoms with E-state index >= 15 is 0 Å². The first kappa shape index (κ1) is 17.5. The van der Waals surface area contributed by atoms with Gasteiger partial charge in [-0.1, -0.05) is 30.3 Å². The van der Waals surface area contributed by atoms with E-state index in [0.29, 0.717) is 25.8 Å². The lowest BCUT2D eigenvalue weighted by atomic mass is 9.95. The van der Waals surface area contributed by atoms with Crippen molar-refractivity contribution in [1.29, 1.82) is 0 Å². The molecule has 0 spiro atoms. The summed E-state index contributed by atoms with van der Waals surface area (Å²) >= 11 is 0. The predicted molar refractivity (Wildman–Crippen MR) is 99.4 cm³/mol. The normalized spacial score (nSPS) is 18.9. The molecule has 2 aromatic rings. The quantitative estimate of drug-likeness (QED) is 0.891. The van der Waals surface area contributed by atoms with Crippen LogP contribution >= 0.6 is 0 Å². The van der Waals surface area contributed by atoms with Crippen LogP contribution in [0.15, 0.2) is 36.7 Å². The highest BCUT2D eigenvalue weighted by atomic mass is 16.5. The van der Waals surface area contributed by atoms with Crippen molar-refractivity contribution in [3.63, 3.8) is 0 Å². The van der Waals surface area contributed by atoms with Crippen molar-refractivity contribution in [2.24, 2.45) is 0 Å². The first-order valence-electron chi connectivity index (χ1n) is 9.25. The standard InChI is InChI=1S/C20H22N4O3/c25-16-6-7-17-18(10-16)21-13-22-19(17)24-9-8-15(11-24)23-20(26)27-12-14-4-2-1-3-5-14/h1-5,13,15H,6-12H2,(H,23,26)/t15-/m1/s1. The molecule has 1 fully saturated rings. The monoisotopic (exact) mass is 366 g/mol. The number of benzene rings is 1. The van der Waals surface area contributed by atoms with E-state index in [2.05, 4.69) is 20.2 Å². The number of fused-ring (bicyclic) bond motifs is 1. The average molecular weight is 366 g/mol. The van der Waals surface area contributed by atoms with Crippen molar-refractivity contribution >= 4 is 17.7 Å². The molecule has 1 aromatic heterocycles. The van der Waals surface area contributed by atoms with Crippen LogP contribution in [0.5, 0.6) is 0 Å². The average Bonchev–Trinajstić information content (AvgIpc) is 3.14. The van der Waals surface area contributed by atoms with Crippen molar-refractivity contribution < 1.29 is 14.3 Å². The molecule has 140 valence electrons. The Balaban J connectivity index is 1.33. The highest BCUT2D eigenvalue weighted by Gasteiger charge is 2.29. The maximum Gasteiger partial charge on any atom is 0.407 e. The molecule has 1 N–H and O–H groups in total. The lowest BCUT2D eigenvalue weighted by Gasteiger charge is -2.24. The van der Waals surface area contributed by atoms with E-state index < -0.39 is 6.09 Å². The molecule has 1 amide bonds. The van der Waals surface area contributed by atoms with Gasteiger partial charge in [-0.3, -0.25) is 4.79 Å². The maximum absolute atomic E-state index is 12.1. The van der Waals surface area contributed by atoms with Crippen molar-refractivity contribution in [3.8, 4) is 0 Å². The van der Waals surface area contributed by atoms with Crippen LogP contribution in [0, 0.1) is 0 Å². The van der Waals surface area contributed by atoms with Gasteiger partial charge in [-0.15, -0.1) is 0 Å². The summed E-state index contributed by atoms with van der Waals surface area (Å²) in [4.78, 5) is 34.6. The highest BCUT2D eigenvalue weighted by molar-refractivity contribution is 5.83. The molecule has 1 aromatic carbocycles. The number of Topliss-reactive ketones (excluding diaryl/α,β-unsaturated/α-hetero) is 1. The molecule has 0 unspecified atom stereocenters. The summed E-state index contributed by atoms with van der Waals surface area (Å²) in [6.07, 6.45) is 3.60. The number of nitrogens with zero attached hydrogens (tertiary/aromatic N) is 3. The van der Waals surface area contributed by atoms with Crippen LogP contribution in [0.3, 0.4) is 0 Å². The second-order valence-electron chi connectivity index (χ2n) is 6.98. The third-order valence-corrected chi connectivity index (χ3v) is 5.05. The number of alkyl carbamates (subject to hydrolysis) is 1. The molecule has 0 saturated carbocycles. The van der Waals surface area contributed by atoms with Crippen LogP contribution in [0.25, 0.3) is 0 Å². The van der Waals surface area contributed by atoms with Gasteiger partial charge in [0.2, 0.25) is 0 Å². The van der Waals surface area contributed by atoms with Crippen LogP contribution in [-0.2, 0) is 29.0 Å². The number of carbonyl (C=O) groups is 2. The van der Waals surface area contributed by atoms with E-state index in [-0.39, 0.29) is 18.4 Å². The van der Waals surface area contributed by atoms with Gasteiger partial charge in [0.25, 0.3) is 0 Å². The smallest absolute Gasteiger partial charge is 0.407 e. The first-order chi connectivity index (χ1) is 13.2. The number of hydrogen-bond donors (Lipinski definition) is 1. The van der Waals surface area contributed by atoms with E-state index in [1.165, 1.54) is 6.33 Å². The minimum Gasteiger partial charge on any atom is -0.445 e. The summed E-state index contributed by atoms with van der Waals surface area (Å²) in [7, 11) is 0. The van der Waals surface area contributed by atoms with Gasteiger partial charge in [-0.05, 0) is 18.4 Å². The van der Waals surface area contributed by atoms with Gasteiger partial charge < -0.3 is 15.0 Å². The maximum atomic E-state index is 12.1. The fourth-order valence-electron chi connectivity index (χ4n) is 3.66. The van der Waals surface area contributed by atoms with Crippen molar-refractivity contribution in [2.75, 3.05) is 18.0 Å². The molecule has 0 bridgehead atoms. The van der Waals surface area contributed by atoms with Crippen LogP contribution in [0.1, 0.15) is 29.7 Å². The Morgan fingerprint density at radius 2 is 2.07 bits per heavy atom. The van der Waals surface area contributed by atoms with Gasteiger partial charge in [0, 0.05) is 31.5 Å². The molecule has 7 nitrogen and oxygen atoms in total. The number of amides is 1. The molecule has 4 rings (SSSR count). The molecule has 2 heterocycles. The van der Waals surface area contributed by atoms with E-state index in [4.69, 9.17) is 4.74 Å². The zero-order chi connectivity index (χ0) is 18.6. The third-order valence-electron chi connectivity index (χ3n) is 5.05. The summed E-state index contributed by atoms with van der Waals surface area (Å²) in [6, 6.07) is 9.63. The molecular weight excluding hydrogens is 344 g/mol. The second-order valence-corrected chi connectivity index (χ2v) is 6.98. The minimum atomic E-state index is -0.402. The van der Waals surface area contributed by atoms with Crippen LogP contribution in [0.4, 0.5) is 10.6 Å². The fourth-order valence-corrected chi connectivity index (χ4v) is 3.66. The van der Waals surface area contributed by atoms with E-state index in [0.717, 1.165) is 35.6 Å². The summed E-state index contributed by atoms with van der Waals surface area (Å²) < 4.78 is 5.30. The van der Waals surface area contributed by atoms with Gasteiger partial charge in [0.15, 0.2) is 0 Å². The number of aromatic nitrogens is 2. The lowest BCUT2D eigenvalue weighted by Crippen LogP contribution is -2.37. The molecule has 7 heteroatoms. The van der Waals surface area contributed by atoms with Crippen LogP contribution in [0.2, 0.25) is 0 Å². The Morgan fingerprint density at radius 1 is 1.22 bits per heavy atom. The summed E-state index contributed by atoms with van der Waals surface area (Å²) in [5, 5.41) is 2.94. The molecule has 1 aliphatic carbocycles. The molecule has 1 atom stereocenters. The number of ether oxygens (including phenoxy) is 1. The summed E-state index contributed by atoms with van der Waals surface area (Å²) in [5.74, 6) is 1.13. The van der Waals surface area contributed by atoms with Gasteiger partial charge in [0.05, 0.1) is 11.7 Å². The zero-order valence-electron chi connectivity index (χ0n) is 15.1. The number of ketones is 1. The minimum absolute atomic E-state index is 0.0177. The highest BCUT2D eigenvalue weighted by Crippen LogP contribution is 2.28. The summed E-state index contributed by atoms with van der Waals surface area (Å²) in [5.41, 5.74) is 2.88. The third kappa shape index (κ3) is 4.07. The lowest BCUT2D eigenvalue weighted by molar-refractivity contribution is -0.118. The molecule has 2 aliphatic rings. The predicted octanol–water partition coefficient (Wildman–Crippen LogP) is 2.04. The largest absolute Gasteiger partial charge is 0.445 e. The fraction of sp³-hybridized carbons (Fsp3) is 0.400. The molecule has 1 aliphatic heterocycles. The molecular formula is C20H22N4O3. The molecule has 1 saturated heterocycles. The van der Waals surface area contributed by atoms with Gasteiger partial charge in [-0.25, -0.2) is 14.8 Å². The van der Waals surface area contributed by atoms with E-state index in [1.807, 2.05) is 30.3 Å². The number of rotatable bonds is 4. The Morgan fingerprint density at radius 3 is 2.93 bits per heavy atom. The van der Waals surface area contributed by atoms with Crippen LogP contribution in [-0.4, -0.2) is 41.0 Å². The van der Waals surface area contributed by atoms with Crippen molar-refractivity contribution in [2.45, 2.75) is 38.3 Å². The Kier molecular flexibility index (Phi) is 5.00. The zero-order valence-corrected chi connectivity index (χ0v) is 15.1. The topological polar surface area (TPSA) is 84.4 Å². The molecule has 0 radical (unpaired) electrons. The Hall–Kier alpha value is -2.96. The Labute approximate surface area is 157 Å². The number of carbonyl (C=O) groups excluding carboxylic acids is 2. The summed E-state index contributed by atoms with van der Waals surface area (Å²) in [6.45, 7) is 1.75. The van der Waals surface area contributed by atoms with E-state index in [9.17, 15) is 9.59 Å².